The Labute approximate surface area is 86.6 Å². The largest absolute Gasteiger partial charge is 0.380 e. The smallest absolute Gasteiger partial charge is 0.240 e. The van der Waals surface area contributed by atoms with Gasteiger partial charge in [-0.1, -0.05) is 24.8 Å². The number of hydrogen-bond acceptors (Lipinski definition) is 4. The van der Waals surface area contributed by atoms with Gasteiger partial charge in [-0.05, 0) is 12.1 Å². The van der Waals surface area contributed by atoms with Crippen molar-refractivity contribution in [2.45, 2.75) is 6.10 Å². The molecule has 0 aliphatic rings. The van der Waals surface area contributed by atoms with Gasteiger partial charge in [0.25, 0.3) is 0 Å². The van der Waals surface area contributed by atoms with Crippen molar-refractivity contribution < 1.29 is 14.7 Å². The minimum absolute atomic E-state index is 0.232. The number of aliphatic hydroxyl groups is 1. The van der Waals surface area contributed by atoms with Crippen molar-refractivity contribution in [3.63, 3.8) is 0 Å². The zero-order valence-electron chi connectivity index (χ0n) is 7.88. The van der Waals surface area contributed by atoms with Crippen LogP contribution in [-0.2, 0) is 9.59 Å². The normalized spacial score (nSPS) is 11.3. The maximum Gasteiger partial charge on any atom is 0.240 e. The monoisotopic (exact) mass is 203 g/mol. The van der Waals surface area contributed by atoms with E-state index in [9.17, 15) is 14.7 Å². The lowest BCUT2D eigenvalue weighted by molar-refractivity contribution is -0.122. The van der Waals surface area contributed by atoms with Gasteiger partial charge in [-0.25, -0.2) is 4.79 Å². The standard InChI is InChI=1S/C11H9NO3/c1-2-10(14)11(15)8-5-3-4-6-9(8)12-7-13/h2-6,11,15H,1H2. The molecule has 0 amide bonds. The van der Waals surface area contributed by atoms with Gasteiger partial charge in [-0.2, -0.15) is 4.99 Å². The quantitative estimate of drug-likeness (QED) is 0.457. The summed E-state index contributed by atoms with van der Waals surface area (Å²) in [4.78, 5) is 24.7. The van der Waals surface area contributed by atoms with Gasteiger partial charge in [0.05, 0.1) is 5.69 Å². The van der Waals surface area contributed by atoms with Crippen LogP contribution in [0.4, 0.5) is 5.69 Å². The summed E-state index contributed by atoms with van der Waals surface area (Å²) in [6.45, 7) is 3.27. The molecule has 4 heteroatoms. The molecule has 1 N–H and O–H groups in total. The van der Waals surface area contributed by atoms with Gasteiger partial charge < -0.3 is 5.11 Å². The Kier molecular flexibility index (Phi) is 3.68. The van der Waals surface area contributed by atoms with Gasteiger partial charge in [-0.3, -0.25) is 4.79 Å². The summed E-state index contributed by atoms with van der Waals surface area (Å²) in [6.07, 6.45) is 1.05. The molecule has 0 aliphatic carbocycles. The lowest BCUT2D eigenvalue weighted by Gasteiger charge is -2.08. The molecule has 1 unspecified atom stereocenters. The van der Waals surface area contributed by atoms with E-state index in [4.69, 9.17) is 0 Å². The lowest BCUT2D eigenvalue weighted by Crippen LogP contribution is -2.08. The maximum absolute atomic E-state index is 11.2. The number of aliphatic imine (C=N–C) groups is 1. The SMILES string of the molecule is C=CC(=O)C(O)c1ccccc1N=C=O. The summed E-state index contributed by atoms with van der Waals surface area (Å²) >= 11 is 0. The second kappa shape index (κ2) is 5.00. The number of carbonyl (C=O) groups excluding carboxylic acids is 2. The van der Waals surface area contributed by atoms with E-state index in [1.807, 2.05) is 0 Å². The third-order valence-electron chi connectivity index (χ3n) is 1.87. The first-order valence-electron chi connectivity index (χ1n) is 4.22. The number of aliphatic hydroxyl groups excluding tert-OH is 1. The first kappa shape index (κ1) is 11.0. The van der Waals surface area contributed by atoms with E-state index in [1.54, 1.807) is 12.1 Å². The van der Waals surface area contributed by atoms with Crippen LogP contribution >= 0.6 is 0 Å². The summed E-state index contributed by atoms with van der Waals surface area (Å²) in [5.41, 5.74) is 0.501. The fourth-order valence-electron chi connectivity index (χ4n) is 1.13. The number of benzene rings is 1. The van der Waals surface area contributed by atoms with E-state index in [0.29, 0.717) is 0 Å². The van der Waals surface area contributed by atoms with Gasteiger partial charge in [0.2, 0.25) is 6.08 Å². The van der Waals surface area contributed by atoms with Crippen LogP contribution in [0.2, 0.25) is 0 Å². The molecular formula is C11H9NO3. The van der Waals surface area contributed by atoms with Crippen molar-refractivity contribution in [2.75, 3.05) is 0 Å². The van der Waals surface area contributed by atoms with Crippen molar-refractivity contribution in [3.05, 3.63) is 42.5 Å². The Morgan fingerprint density at radius 1 is 1.53 bits per heavy atom. The highest BCUT2D eigenvalue weighted by atomic mass is 16.3. The third kappa shape index (κ3) is 2.47. The lowest BCUT2D eigenvalue weighted by atomic mass is 10.0. The molecule has 76 valence electrons. The third-order valence-corrected chi connectivity index (χ3v) is 1.87. The van der Waals surface area contributed by atoms with Gasteiger partial charge in [0.15, 0.2) is 5.78 Å². The van der Waals surface area contributed by atoms with Crippen molar-refractivity contribution >= 4 is 17.6 Å². The van der Waals surface area contributed by atoms with Gasteiger partial charge in [-0.15, -0.1) is 0 Å². The fraction of sp³-hybridized carbons (Fsp3) is 0.0909. The van der Waals surface area contributed by atoms with Crippen LogP contribution in [0.25, 0.3) is 0 Å². The van der Waals surface area contributed by atoms with Crippen molar-refractivity contribution in [3.8, 4) is 0 Å². The number of carbonyl (C=O) groups is 1. The first-order valence-corrected chi connectivity index (χ1v) is 4.22. The highest BCUT2D eigenvalue weighted by Crippen LogP contribution is 2.25. The van der Waals surface area contributed by atoms with Gasteiger partial charge in [0.1, 0.15) is 6.10 Å². The van der Waals surface area contributed by atoms with Crippen LogP contribution in [0.3, 0.4) is 0 Å². The molecule has 1 rings (SSSR count). The van der Waals surface area contributed by atoms with Gasteiger partial charge >= 0.3 is 0 Å². The van der Waals surface area contributed by atoms with Crippen LogP contribution < -0.4 is 0 Å². The Balaban J connectivity index is 3.18. The van der Waals surface area contributed by atoms with Crippen molar-refractivity contribution in [2.24, 2.45) is 4.99 Å². The highest BCUT2D eigenvalue weighted by Gasteiger charge is 2.17. The summed E-state index contributed by atoms with van der Waals surface area (Å²) in [5, 5.41) is 9.59. The number of rotatable bonds is 4. The summed E-state index contributed by atoms with van der Waals surface area (Å²) < 4.78 is 0. The van der Waals surface area contributed by atoms with Crippen LogP contribution in [0.5, 0.6) is 0 Å². The van der Waals surface area contributed by atoms with Crippen LogP contribution in [0.1, 0.15) is 11.7 Å². The van der Waals surface area contributed by atoms with Crippen molar-refractivity contribution in [1.29, 1.82) is 0 Å². The molecule has 0 spiro atoms. The molecule has 0 aliphatic heterocycles. The molecule has 0 saturated heterocycles. The van der Waals surface area contributed by atoms with Crippen LogP contribution in [-0.4, -0.2) is 17.0 Å². The van der Waals surface area contributed by atoms with E-state index >= 15 is 0 Å². The number of para-hydroxylation sites is 1. The highest BCUT2D eigenvalue weighted by molar-refractivity contribution is 5.94. The minimum Gasteiger partial charge on any atom is -0.380 e. The summed E-state index contributed by atoms with van der Waals surface area (Å²) in [6, 6.07) is 6.31. The zero-order chi connectivity index (χ0) is 11.3. The number of hydrogen-bond donors (Lipinski definition) is 1. The molecule has 1 atom stereocenters. The fourth-order valence-corrected chi connectivity index (χ4v) is 1.13. The Bertz CT molecular complexity index is 433. The van der Waals surface area contributed by atoms with Crippen LogP contribution in [0, 0.1) is 0 Å². The maximum atomic E-state index is 11.2. The van der Waals surface area contributed by atoms with E-state index in [2.05, 4.69) is 11.6 Å². The first-order chi connectivity index (χ1) is 7.20. The number of nitrogens with zero attached hydrogens (tertiary/aromatic N) is 1. The molecule has 1 aromatic rings. The molecule has 4 nitrogen and oxygen atoms in total. The average Bonchev–Trinajstić information content (AvgIpc) is 2.28. The topological polar surface area (TPSA) is 66.7 Å². The second-order valence-corrected chi connectivity index (χ2v) is 2.77. The van der Waals surface area contributed by atoms with Gasteiger partial charge in [0, 0.05) is 5.56 Å². The Morgan fingerprint density at radius 2 is 2.20 bits per heavy atom. The molecule has 0 radical (unpaired) electrons. The second-order valence-electron chi connectivity index (χ2n) is 2.77. The van der Waals surface area contributed by atoms with E-state index in [0.717, 1.165) is 6.08 Å². The molecule has 0 fully saturated rings. The average molecular weight is 203 g/mol. The minimum atomic E-state index is -1.34. The molecule has 15 heavy (non-hydrogen) atoms. The Morgan fingerprint density at radius 3 is 2.80 bits per heavy atom. The molecule has 1 aromatic carbocycles. The van der Waals surface area contributed by atoms with Crippen LogP contribution in [0.15, 0.2) is 41.9 Å². The molecule has 0 saturated carbocycles. The van der Waals surface area contributed by atoms with E-state index in [-0.39, 0.29) is 11.3 Å². The number of ketones is 1. The zero-order valence-corrected chi connectivity index (χ0v) is 7.88. The predicted molar refractivity (Wildman–Crippen MR) is 54.4 cm³/mol. The summed E-state index contributed by atoms with van der Waals surface area (Å²) in [5.74, 6) is -0.538. The van der Waals surface area contributed by atoms with E-state index in [1.165, 1.54) is 18.2 Å². The molecule has 0 aromatic heterocycles. The molecular weight excluding hydrogens is 194 g/mol. The van der Waals surface area contributed by atoms with Crippen molar-refractivity contribution in [1.82, 2.24) is 0 Å². The molecule has 0 bridgehead atoms. The predicted octanol–water partition coefficient (Wildman–Crippen LogP) is 1.44. The molecule has 0 heterocycles. The van der Waals surface area contributed by atoms with E-state index < -0.39 is 11.9 Å². The number of isocyanates is 1. The Hall–Kier alpha value is -2.03. The summed E-state index contributed by atoms with van der Waals surface area (Å²) in [7, 11) is 0.